The van der Waals surface area contributed by atoms with Gasteiger partial charge < -0.3 is 15.5 Å². The molecule has 0 aliphatic carbocycles. The van der Waals surface area contributed by atoms with Crippen LogP contribution in [0, 0.1) is 6.92 Å². The van der Waals surface area contributed by atoms with Gasteiger partial charge in [-0.3, -0.25) is 4.79 Å². The van der Waals surface area contributed by atoms with Gasteiger partial charge in [0.25, 0.3) is 0 Å². The lowest BCUT2D eigenvalue weighted by molar-refractivity contribution is -0.111. The molecule has 2 rings (SSSR count). The average Bonchev–Trinajstić information content (AvgIpc) is 2.47. The van der Waals surface area contributed by atoms with E-state index in [9.17, 15) is 4.79 Å². The van der Waals surface area contributed by atoms with Crippen LogP contribution in [0.2, 0.25) is 0 Å². The molecule has 0 fully saturated rings. The Labute approximate surface area is 136 Å². The van der Waals surface area contributed by atoms with E-state index >= 15 is 0 Å². The van der Waals surface area contributed by atoms with Crippen molar-refractivity contribution in [2.24, 2.45) is 0 Å². The van der Waals surface area contributed by atoms with Crippen molar-refractivity contribution in [3.63, 3.8) is 0 Å². The van der Waals surface area contributed by atoms with E-state index in [4.69, 9.17) is 0 Å². The molecule has 0 radical (unpaired) electrons. The van der Waals surface area contributed by atoms with Gasteiger partial charge in [-0.2, -0.15) is 0 Å². The van der Waals surface area contributed by atoms with Crippen molar-refractivity contribution in [1.29, 1.82) is 0 Å². The fourth-order valence-corrected chi connectivity index (χ4v) is 1.87. The van der Waals surface area contributed by atoms with E-state index in [1.165, 1.54) is 6.08 Å². The maximum absolute atomic E-state index is 11.8. The Kier molecular flexibility index (Phi) is 5.82. The molecule has 1 heterocycles. The molecule has 2 N–H and O–H groups in total. The summed E-state index contributed by atoms with van der Waals surface area (Å²) in [6.45, 7) is 2.63. The fourth-order valence-electron chi connectivity index (χ4n) is 1.87. The first-order chi connectivity index (χ1) is 11.0. The second kappa shape index (κ2) is 8.05. The first-order valence-electron chi connectivity index (χ1n) is 7.32. The third kappa shape index (κ3) is 5.88. The molecule has 6 nitrogen and oxygen atoms in total. The van der Waals surface area contributed by atoms with Gasteiger partial charge in [0.1, 0.15) is 0 Å². The monoisotopic (exact) mass is 311 g/mol. The molecule has 6 heteroatoms. The summed E-state index contributed by atoms with van der Waals surface area (Å²) in [6, 6.07) is 9.26. The summed E-state index contributed by atoms with van der Waals surface area (Å²) in [6.07, 6.45) is 5.05. The van der Waals surface area contributed by atoms with Crippen LogP contribution in [0.4, 0.5) is 17.3 Å². The number of likely N-dealkylation sites (N-methyl/N-ethyl adjacent to an activating group) is 1. The molecule has 0 unspecified atom stereocenters. The normalized spacial score (nSPS) is 11.0. The number of hydrogen-bond donors (Lipinski definition) is 2. The van der Waals surface area contributed by atoms with Crippen molar-refractivity contribution < 1.29 is 4.79 Å². The van der Waals surface area contributed by atoms with Crippen LogP contribution in [0.5, 0.6) is 0 Å². The standard InChI is InChI=1S/C17H21N5O/c1-13-9-10-18-17(19-13)21-15-7-4-6-14(12-15)20-16(23)8-5-11-22(2)3/h4-10,12H,11H2,1-3H3,(H,20,23)(H,18,19,21)/b8-5+. The number of benzene rings is 1. The van der Waals surface area contributed by atoms with Gasteiger partial charge in [0.05, 0.1) is 0 Å². The van der Waals surface area contributed by atoms with Crippen LogP contribution in [-0.2, 0) is 4.79 Å². The Balaban J connectivity index is 1.99. The van der Waals surface area contributed by atoms with Crippen molar-refractivity contribution in [1.82, 2.24) is 14.9 Å². The minimum Gasteiger partial charge on any atom is -0.324 e. The fraction of sp³-hybridized carbons (Fsp3) is 0.235. The number of amides is 1. The topological polar surface area (TPSA) is 70.2 Å². The maximum Gasteiger partial charge on any atom is 0.248 e. The molecule has 0 saturated carbocycles. The molecule has 0 spiro atoms. The molecule has 0 bridgehead atoms. The third-order valence-electron chi connectivity index (χ3n) is 2.92. The van der Waals surface area contributed by atoms with Gasteiger partial charge in [0.2, 0.25) is 11.9 Å². The van der Waals surface area contributed by atoms with Crippen LogP contribution in [0.25, 0.3) is 0 Å². The highest BCUT2D eigenvalue weighted by Gasteiger charge is 2.01. The molecule has 0 aliphatic heterocycles. The van der Waals surface area contributed by atoms with Gasteiger partial charge in [-0.25, -0.2) is 9.97 Å². The lowest BCUT2D eigenvalue weighted by atomic mass is 10.2. The van der Waals surface area contributed by atoms with Crippen LogP contribution >= 0.6 is 0 Å². The average molecular weight is 311 g/mol. The number of aryl methyl sites for hydroxylation is 1. The molecule has 1 aromatic carbocycles. The van der Waals surface area contributed by atoms with Crippen LogP contribution in [0.3, 0.4) is 0 Å². The predicted octanol–water partition coefficient (Wildman–Crippen LogP) is 2.58. The van der Waals surface area contributed by atoms with Crippen molar-refractivity contribution in [3.05, 3.63) is 54.4 Å². The highest BCUT2D eigenvalue weighted by Crippen LogP contribution is 2.18. The van der Waals surface area contributed by atoms with E-state index in [2.05, 4.69) is 20.6 Å². The second-order valence-corrected chi connectivity index (χ2v) is 5.38. The third-order valence-corrected chi connectivity index (χ3v) is 2.92. The number of anilines is 3. The predicted molar refractivity (Wildman–Crippen MR) is 92.8 cm³/mol. The lowest BCUT2D eigenvalue weighted by Crippen LogP contribution is -2.13. The number of nitrogens with one attached hydrogen (secondary N) is 2. The summed E-state index contributed by atoms with van der Waals surface area (Å²) in [5.41, 5.74) is 2.41. The quantitative estimate of drug-likeness (QED) is 0.802. The summed E-state index contributed by atoms with van der Waals surface area (Å²) in [7, 11) is 3.90. The number of carbonyl (C=O) groups is 1. The van der Waals surface area contributed by atoms with Crippen molar-refractivity contribution in [3.8, 4) is 0 Å². The SMILES string of the molecule is Cc1ccnc(Nc2cccc(NC(=O)/C=C/CN(C)C)c2)n1. The summed E-state index contributed by atoms with van der Waals surface area (Å²) in [5, 5.41) is 5.95. The van der Waals surface area contributed by atoms with Gasteiger partial charge in [-0.15, -0.1) is 0 Å². The highest BCUT2D eigenvalue weighted by molar-refractivity contribution is 5.99. The minimum atomic E-state index is -0.157. The van der Waals surface area contributed by atoms with Crippen LogP contribution < -0.4 is 10.6 Å². The Hall–Kier alpha value is -2.73. The van der Waals surface area contributed by atoms with E-state index < -0.39 is 0 Å². The molecule has 23 heavy (non-hydrogen) atoms. The van der Waals surface area contributed by atoms with E-state index in [0.717, 1.165) is 17.9 Å². The van der Waals surface area contributed by atoms with Crippen molar-refractivity contribution in [2.45, 2.75) is 6.92 Å². The Morgan fingerprint density at radius 3 is 2.78 bits per heavy atom. The van der Waals surface area contributed by atoms with Gasteiger partial charge in [-0.05, 0) is 45.3 Å². The zero-order valence-electron chi connectivity index (χ0n) is 13.6. The number of aromatic nitrogens is 2. The van der Waals surface area contributed by atoms with Crippen LogP contribution in [-0.4, -0.2) is 41.4 Å². The summed E-state index contributed by atoms with van der Waals surface area (Å²) >= 11 is 0. The van der Waals surface area contributed by atoms with Crippen LogP contribution in [0.1, 0.15) is 5.69 Å². The zero-order valence-corrected chi connectivity index (χ0v) is 13.6. The molecule has 0 atom stereocenters. The molecule has 1 amide bonds. The molecule has 120 valence electrons. The smallest absolute Gasteiger partial charge is 0.248 e. The lowest BCUT2D eigenvalue weighted by Gasteiger charge is -2.08. The minimum absolute atomic E-state index is 0.157. The molecule has 0 aliphatic rings. The maximum atomic E-state index is 11.8. The van der Waals surface area contributed by atoms with E-state index in [1.807, 2.05) is 62.3 Å². The number of rotatable bonds is 6. The van der Waals surface area contributed by atoms with Crippen molar-refractivity contribution >= 4 is 23.2 Å². The largest absolute Gasteiger partial charge is 0.324 e. The summed E-state index contributed by atoms with van der Waals surface area (Å²) < 4.78 is 0. The van der Waals surface area contributed by atoms with Gasteiger partial charge in [-0.1, -0.05) is 12.1 Å². The van der Waals surface area contributed by atoms with Gasteiger partial charge >= 0.3 is 0 Å². The van der Waals surface area contributed by atoms with E-state index in [1.54, 1.807) is 6.20 Å². The van der Waals surface area contributed by atoms with E-state index in [0.29, 0.717) is 11.6 Å². The van der Waals surface area contributed by atoms with E-state index in [-0.39, 0.29) is 5.91 Å². The first kappa shape index (κ1) is 16.6. The Morgan fingerprint density at radius 1 is 1.26 bits per heavy atom. The molecular weight excluding hydrogens is 290 g/mol. The molecular formula is C17H21N5O. The second-order valence-electron chi connectivity index (χ2n) is 5.38. The molecule has 1 aromatic heterocycles. The Morgan fingerprint density at radius 2 is 2.04 bits per heavy atom. The van der Waals surface area contributed by atoms with Crippen molar-refractivity contribution in [2.75, 3.05) is 31.3 Å². The first-order valence-corrected chi connectivity index (χ1v) is 7.32. The van der Waals surface area contributed by atoms with Crippen LogP contribution in [0.15, 0.2) is 48.7 Å². The Bertz CT molecular complexity index is 697. The zero-order chi connectivity index (χ0) is 16.7. The number of carbonyl (C=O) groups excluding carboxylic acids is 1. The summed E-state index contributed by atoms with van der Waals surface area (Å²) in [4.78, 5) is 22.3. The highest BCUT2D eigenvalue weighted by atomic mass is 16.1. The number of nitrogens with zero attached hydrogens (tertiary/aromatic N) is 3. The molecule has 2 aromatic rings. The number of hydrogen-bond acceptors (Lipinski definition) is 5. The summed E-state index contributed by atoms with van der Waals surface area (Å²) in [5.74, 6) is 0.371. The van der Waals surface area contributed by atoms with Gasteiger partial charge in [0.15, 0.2) is 0 Å². The molecule has 0 saturated heterocycles. The van der Waals surface area contributed by atoms with Gasteiger partial charge in [0, 0.05) is 35.9 Å².